The fourth-order valence-electron chi connectivity index (χ4n) is 4.87. The molecule has 1 unspecified atom stereocenters. The van der Waals surface area contributed by atoms with Gasteiger partial charge in [-0.1, -0.05) is 25.1 Å². The Labute approximate surface area is 218 Å². The minimum Gasteiger partial charge on any atom is -0.473 e. The van der Waals surface area contributed by atoms with E-state index in [1.165, 1.54) is 18.3 Å². The van der Waals surface area contributed by atoms with Crippen LogP contribution in [-0.2, 0) is 16.4 Å². The molecule has 3 aromatic rings. The normalized spacial score (nSPS) is 17.0. The molecule has 1 amide bonds. The van der Waals surface area contributed by atoms with Crippen LogP contribution in [0.3, 0.4) is 0 Å². The molecule has 1 atom stereocenters. The highest BCUT2D eigenvalue weighted by Gasteiger charge is 2.40. The van der Waals surface area contributed by atoms with Crippen molar-refractivity contribution in [2.24, 2.45) is 11.7 Å². The Kier molecular flexibility index (Phi) is 7.14. The van der Waals surface area contributed by atoms with Gasteiger partial charge in [-0.3, -0.25) is 4.79 Å². The fraction of sp³-hybridized carbons (Fsp3) is 0.370. The molecule has 0 spiro atoms. The maximum Gasteiger partial charge on any atom is 0.253 e. The Balaban J connectivity index is 1.68. The summed E-state index contributed by atoms with van der Waals surface area (Å²) in [6.45, 7) is 7.05. The van der Waals surface area contributed by atoms with E-state index in [1.54, 1.807) is 12.1 Å². The van der Waals surface area contributed by atoms with Crippen LogP contribution in [0.4, 0.5) is 11.5 Å². The van der Waals surface area contributed by atoms with Crippen LogP contribution in [0.15, 0.2) is 64.6 Å². The van der Waals surface area contributed by atoms with Gasteiger partial charge in [0, 0.05) is 44.1 Å². The number of nitrogens with zero attached hydrogens (tertiary/aromatic N) is 4. The summed E-state index contributed by atoms with van der Waals surface area (Å²) < 4.78 is 33.3. The van der Waals surface area contributed by atoms with Gasteiger partial charge in [-0.15, -0.1) is 0 Å². The van der Waals surface area contributed by atoms with Crippen LogP contribution in [0.5, 0.6) is 5.88 Å². The van der Waals surface area contributed by atoms with Crippen molar-refractivity contribution in [1.29, 1.82) is 0 Å². The lowest BCUT2D eigenvalue weighted by molar-refractivity contribution is 0.0997. The van der Waals surface area contributed by atoms with Gasteiger partial charge in [0.2, 0.25) is 15.7 Å². The number of benzene rings is 1. The summed E-state index contributed by atoms with van der Waals surface area (Å²) in [4.78, 5) is 25.0. The maximum atomic E-state index is 13.7. The van der Waals surface area contributed by atoms with Crippen LogP contribution in [0.1, 0.15) is 43.1 Å². The first-order valence-corrected chi connectivity index (χ1v) is 13.6. The summed E-state index contributed by atoms with van der Waals surface area (Å²) >= 11 is 0. The molecule has 196 valence electrons. The molecule has 2 N–H and O–H groups in total. The molecule has 9 nitrogen and oxygen atoms in total. The summed E-state index contributed by atoms with van der Waals surface area (Å²) in [5, 5.41) is -0.235. The van der Waals surface area contributed by atoms with E-state index in [0.29, 0.717) is 12.5 Å². The third kappa shape index (κ3) is 5.39. The fourth-order valence-corrected chi connectivity index (χ4v) is 6.27. The molecule has 10 heteroatoms. The van der Waals surface area contributed by atoms with Gasteiger partial charge >= 0.3 is 0 Å². The number of carbonyl (C=O) groups excluding carboxylic acids is 1. The number of sulfone groups is 1. The Morgan fingerprint density at radius 2 is 1.92 bits per heavy atom. The second-order valence-corrected chi connectivity index (χ2v) is 12.1. The SMILES string of the molecule is CC1CN(c2nccc(S(=O)(=O)c3cccc(OCc4cccc(N(C)C)c4)n3)c2C(N)=O)C(C)(C)C1. The van der Waals surface area contributed by atoms with E-state index < -0.39 is 15.7 Å². The Morgan fingerprint density at radius 3 is 2.57 bits per heavy atom. The van der Waals surface area contributed by atoms with Gasteiger partial charge in [0.25, 0.3) is 5.91 Å². The van der Waals surface area contributed by atoms with Crippen molar-refractivity contribution in [2.75, 3.05) is 30.4 Å². The molecule has 0 aliphatic carbocycles. The number of carbonyl (C=O) groups is 1. The molecule has 37 heavy (non-hydrogen) atoms. The van der Waals surface area contributed by atoms with E-state index in [2.05, 4.69) is 16.9 Å². The van der Waals surface area contributed by atoms with Gasteiger partial charge in [-0.2, -0.15) is 0 Å². The number of anilines is 2. The van der Waals surface area contributed by atoms with Crippen molar-refractivity contribution in [3.05, 3.63) is 65.9 Å². The minimum atomic E-state index is -4.21. The van der Waals surface area contributed by atoms with E-state index in [-0.39, 0.29) is 39.3 Å². The number of pyridine rings is 2. The number of hydrogen-bond donors (Lipinski definition) is 1. The van der Waals surface area contributed by atoms with Crippen LogP contribution < -0.4 is 20.3 Å². The maximum absolute atomic E-state index is 13.7. The third-order valence-electron chi connectivity index (χ3n) is 6.54. The van der Waals surface area contributed by atoms with Gasteiger partial charge in [-0.25, -0.2) is 18.4 Å². The van der Waals surface area contributed by atoms with E-state index in [4.69, 9.17) is 10.5 Å². The Bertz CT molecular complexity index is 1420. The van der Waals surface area contributed by atoms with Crippen LogP contribution >= 0.6 is 0 Å². The largest absolute Gasteiger partial charge is 0.473 e. The lowest BCUT2D eigenvalue weighted by atomic mass is 9.97. The second-order valence-electron chi connectivity index (χ2n) is 10.3. The predicted octanol–water partition coefficient (Wildman–Crippen LogP) is 3.68. The van der Waals surface area contributed by atoms with Crippen molar-refractivity contribution in [3.8, 4) is 5.88 Å². The molecule has 0 radical (unpaired) electrons. The van der Waals surface area contributed by atoms with Crippen LogP contribution in [0.2, 0.25) is 0 Å². The van der Waals surface area contributed by atoms with Crippen molar-refractivity contribution >= 4 is 27.2 Å². The number of primary amides is 1. The van der Waals surface area contributed by atoms with Crippen LogP contribution in [-0.4, -0.2) is 50.5 Å². The summed E-state index contributed by atoms with van der Waals surface area (Å²) in [5.74, 6) is -0.0752. The number of nitrogens with two attached hydrogens (primary N) is 1. The van der Waals surface area contributed by atoms with Gasteiger partial charge in [0.15, 0.2) is 5.03 Å². The van der Waals surface area contributed by atoms with E-state index in [0.717, 1.165) is 17.7 Å². The highest BCUT2D eigenvalue weighted by atomic mass is 32.2. The topological polar surface area (TPSA) is 119 Å². The van der Waals surface area contributed by atoms with Crippen molar-refractivity contribution in [2.45, 2.75) is 49.3 Å². The lowest BCUT2D eigenvalue weighted by Crippen LogP contribution is -2.40. The molecule has 2 aromatic heterocycles. The monoisotopic (exact) mass is 523 g/mol. The molecule has 0 bridgehead atoms. The smallest absolute Gasteiger partial charge is 0.253 e. The van der Waals surface area contributed by atoms with Gasteiger partial charge in [0.05, 0.1) is 4.90 Å². The minimum absolute atomic E-state index is 0.127. The van der Waals surface area contributed by atoms with Gasteiger partial charge in [0.1, 0.15) is 18.0 Å². The van der Waals surface area contributed by atoms with E-state index in [9.17, 15) is 13.2 Å². The van der Waals surface area contributed by atoms with Crippen LogP contribution in [0.25, 0.3) is 0 Å². The lowest BCUT2D eigenvalue weighted by Gasteiger charge is -2.33. The van der Waals surface area contributed by atoms with E-state index >= 15 is 0 Å². The van der Waals surface area contributed by atoms with Crippen molar-refractivity contribution in [3.63, 3.8) is 0 Å². The van der Waals surface area contributed by atoms with Crippen LogP contribution in [0, 0.1) is 5.92 Å². The Morgan fingerprint density at radius 1 is 1.19 bits per heavy atom. The first-order chi connectivity index (χ1) is 17.4. The molecule has 1 aliphatic heterocycles. The zero-order valence-corrected chi connectivity index (χ0v) is 22.6. The zero-order chi connectivity index (χ0) is 27.0. The highest BCUT2D eigenvalue weighted by molar-refractivity contribution is 7.91. The Hall–Kier alpha value is -3.66. The zero-order valence-electron chi connectivity index (χ0n) is 21.8. The summed E-state index contributed by atoms with van der Waals surface area (Å²) in [7, 11) is -0.305. The quantitative estimate of drug-likeness (QED) is 0.475. The van der Waals surface area contributed by atoms with Crippen molar-refractivity contribution < 1.29 is 17.9 Å². The summed E-state index contributed by atoms with van der Waals surface area (Å²) in [6.07, 6.45) is 2.27. The molecule has 4 rings (SSSR count). The highest BCUT2D eigenvalue weighted by Crippen LogP contribution is 2.39. The average Bonchev–Trinajstić information content (AvgIpc) is 3.14. The van der Waals surface area contributed by atoms with E-state index in [1.807, 2.05) is 62.0 Å². The summed E-state index contributed by atoms with van der Waals surface area (Å²) in [6, 6.07) is 13.6. The second kappa shape index (κ2) is 10.0. The van der Waals surface area contributed by atoms with Crippen molar-refractivity contribution in [1.82, 2.24) is 9.97 Å². The molecule has 1 aliphatic rings. The third-order valence-corrected chi connectivity index (χ3v) is 8.24. The standard InChI is InChI=1S/C27H33N5O4S/c1-18-15-27(2,3)32(16-18)26-24(25(28)33)21(12-13-29-26)37(34,35)23-11-7-10-22(30-23)36-17-19-8-6-9-20(14-19)31(4)5/h6-14,18H,15-17H2,1-5H3,(H2,28,33). The number of ether oxygens (including phenoxy) is 1. The molecular formula is C27H33N5O4S. The molecule has 3 heterocycles. The predicted molar refractivity (Wildman–Crippen MR) is 143 cm³/mol. The average molecular weight is 524 g/mol. The molecule has 1 saturated heterocycles. The first-order valence-electron chi connectivity index (χ1n) is 12.1. The number of amides is 1. The first kappa shape index (κ1) is 26.4. The number of aromatic nitrogens is 2. The number of rotatable bonds is 8. The molecule has 0 saturated carbocycles. The van der Waals surface area contributed by atoms with Gasteiger partial charge in [-0.05, 0) is 56.0 Å². The van der Waals surface area contributed by atoms with Gasteiger partial charge < -0.3 is 20.3 Å². The molecule has 1 aromatic carbocycles. The molecule has 1 fully saturated rings. The number of hydrogen-bond acceptors (Lipinski definition) is 8. The summed E-state index contributed by atoms with van der Waals surface area (Å²) in [5.41, 5.74) is 7.24. The molecular weight excluding hydrogens is 490 g/mol.